The molecule has 44 heavy (non-hydrogen) atoms. The van der Waals surface area contributed by atoms with Gasteiger partial charge in [0, 0.05) is 42.1 Å². The fourth-order valence-electron chi connectivity index (χ4n) is 5.87. The van der Waals surface area contributed by atoms with Gasteiger partial charge in [0.25, 0.3) is 5.91 Å². The first kappa shape index (κ1) is 32.6. The Kier molecular flexibility index (Phi) is 11.8. The minimum Gasteiger partial charge on any atom is -0.508 e. The molecule has 0 fully saturated rings. The summed E-state index contributed by atoms with van der Waals surface area (Å²) in [5.41, 5.74) is 4.81. The maximum atomic E-state index is 12.3. The number of carbonyl (C=O) groups is 1. The van der Waals surface area contributed by atoms with Crippen LogP contribution in [-0.4, -0.2) is 52.8 Å². The molecule has 1 unspecified atom stereocenters. The third kappa shape index (κ3) is 9.10. The molecule has 4 aromatic rings. The number of rotatable bonds is 15. The number of amides is 1. The van der Waals surface area contributed by atoms with Gasteiger partial charge in [-0.3, -0.25) is 9.69 Å². The number of nitrogens with one attached hydrogen (secondary N) is 1. The summed E-state index contributed by atoms with van der Waals surface area (Å²) in [6, 6.07) is 31.4. The number of aromatic hydroxyl groups is 2. The first-order valence-electron chi connectivity index (χ1n) is 15.6. The van der Waals surface area contributed by atoms with Gasteiger partial charge in [-0.25, -0.2) is 0 Å². The predicted octanol–water partition coefficient (Wildman–Crippen LogP) is 7.33. The first-order chi connectivity index (χ1) is 21.2. The molecule has 0 aliphatic heterocycles. The van der Waals surface area contributed by atoms with Crippen LogP contribution in [0.3, 0.4) is 0 Å². The van der Waals surface area contributed by atoms with Gasteiger partial charge in [-0.1, -0.05) is 60.7 Å². The Labute approximate surface area is 262 Å². The number of ether oxygens (including phenoxy) is 1. The highest BCUT2D eigenvalue weighted by Crippen LogP contribution is 2.37. The van der Waals surface area contributed by atoms with Crippen molar-refractivity contribution in [3.63, 3.8) is 0 Å². The smallest absolute Gasteiger partial charge is 0.251 e. The van der Waals surface area contributed by atoms with Crippen molar-refractivity contribution in [3.8, 4) is 17.2 Å². The molecule has 0 aliphatic carbocycles. The van der Waals surface area contributed by atoms with Gasteiger partial charge in [0.15, 0.2) is 0 Å². The molecule has 0 radical (unpaired) electrons. The Balaban J connectivity index is 1.37. The van der Waals surface area contributed by atoms with Crippen LogP contribution in [0.5, 0.6) is 17.2 Å². The number of hydrogen-bond donors (Lipinski definition) is 3. The number of hydrogen-bond acceptors (Lipinski definition) is 5. The molecule has 0 aliphatic rings. The molecule has 6 heteroatoms. The maximum Gasteiger partial charge on any atom is 0.251 e. The third-order valence-corrected chi connectivity index (χ3v) is 8.10. The maximum absolute atomic E-state index is 12.3. The van der Waals surface area contributed by atoms with E-state index in [2.05, 4.69) is 68.2 Å². The quantitative estimate of drug-likeness (QED) is 0.134. The second kappa shape index (κ2) is 16.0. The Morgan fingerprint density at radius 1 is 0.818 bits per heavy atom. The topological polar surface area (TPSA) is 82.0 Å². The number of phenolic OH excluding ortho intramolecular Hbond substituents is 2. The average Bonchev–Trinajstić information content (AvgIpc) is 3.01. The van der Waals surface area contributed by atoms with Gasteiger partial charge in [0.1, 0.15) is 17.2 Å². The van der Waals surface area contributed by atoms with E-state index in [-0.39, 0.29) is 17.6 Å². The fourth-order valence-corrected chi connectivity index (χ4v) is 5.87. The van der Waals surface area contributed by atoms with Crippen LogP contribution in [-0.2, 0) is 12.8 Å². The Hall–Kier alpha value is -4.29. The third-order valence-electron chi connectivity index (χ3n) is 8.10. The molecule has 232 valence electrons. The second-order valence-corrected chi connectivity index (χ2v) is 11.8. The molecule has 0 saturated heterocycles. The van der Waals surface area contributed by atoms with E-state index in [1.165, 1.54) is 11.6 Å². The molecule has 4 rings (SSSR count). The molecule has 3 N–H and O–H groups in total. The lowest BCUT2D eigenvalue weighted by molar-refractivity contribution is 0.0953. The van der Waals surface area contributed by atoms with Crippen LogP contribution in [0.15, 0.2) is 97.1 Å². The van der Waals surface area contributed by atoms with Crippen LogP contribution in [0.2, 0.25) is 0 Å². The molecular formula is C38H46N2O4. The molecule has 1 atom stereocenters. The Morgan fingerprint density at radius 3 is 2.20 bits per heavy atom. The zero-order valence-corrected chi connectivity index (χ0v) is 26.4. The zero-order valence-electron chi connectivity index (χ0n) is 26.4. The monoisotopic (exact) mass is 594 g/mol. The molecule has 0 aromatic heterocycles. The summed E-state index contributed by atoms with van der Waals surface area (Å²) in [7, 11) is 0. The van der Waals surface area contributed by atoms with Crippen molar-refractivity contribution in [2.24, 2.45) is 0 Å². The van der Waals surface area contributed by atoms with Gasteiger partial charge in [0.2, 0.25) is 0 Å². The van der Waals surface area contributed by atoms with Crippen LogP contribution < -0.4 is 10.1 Å². The highest BCUT2D eigenvalue weighted by molar-refractivity contribution is 5.94. The molecular weight excluding hydrogens is 548 g/mol. The number of nitrogens with zero attached hydrogens (tertiary/aromatic N) is 1. The van der Waals surface area contributed by atoms with Gasteiger partial charge in [-0.05, 0) is 100 Å². The van der Waals surface area contributed by atoms with E-state index >= 15 is 0 Å². The second-order valence-electron chi connectivity index (χ2n) is 11.8. The molecule has 6 nitrogen and oxygen atoms in total. The summed E-state index contributed by atoms with van der Waals surface area (Å²) in [6.45, 7) is 10.9. The highest BCUT2D eigenvalue weighted by atomic mass is 16.5. The van der Waals surface area contributed by atoms with Crippen molar-refractivity contribution >= 4 is 5.91 Å². The fraction of sp³-hybridized carbons (Fsp3) is 0.342. The summed E-state index contributed by atoms with van der Waals surface area (Å²) in [4.78, 5) is 14.8. The van der Waals surface area contributed by atoms with E-state index in [0.29, 0.717) is 49.4 Å². The first-order valence-corrected chi connectivity index (χ1v) is 15.6. The molecule has 4 aromatic carbocycles. The van der Waals surface area contributed by atoms with Gasteiger partial charge in [-0.15, -0.1) is 0 Å². The molecule has 0 spiro atoms. The van der Waals surface area contributed by atoms with Crippen molar-refractivity contribution in [1.82, 2.24) is 10.2 Å². The van der Waals surface area contributed by atoms with Crippen LogP contribution in [0.4, 0.5) is 0 Å². The summed E-state index contributed by atoms with van der Waals surface area (Å²) >= 11 is 0. The van der Waals surface area contributed by atoms with Gasteiger partial charge < -0.3 is 20.3 Å². The van der Waals surface area contributed by atoms with Crippen LogP contribution in [0, 0.1) is 0 Å². The minimum atomic E-state index is -0.209. The normalized spacial score (nSPS) is 12.1. The van der Waals surface area contributed by atoms with Crippen molar-refractivity contribution in [2.45, 2.75) is 65.0 Å². The van der Waals surface area contributed by atoms with E-state index in [0.717, 1.165) is 35.4 Å². The predicted molar refractivity (Wildman–Crippen MR) is 178 cm³/mol. The Bertz CT molecular complexity index is 1460. The zero-order chi connectivity index (χ0) is 31.5. The largest absolute Gasteiger partial charge is 0.508 e. The van der Waals surface area contributed by atoms with Crippen molar-refractivity contribution in [1.29, 1.82) is 0 Å². The van der Waals surface area contributed by atoms with E-state index < -0.39 is 0 Å². The van der Waals surface area contributed by atoms with E-state index in [1.807, 2.05) is 36.4 Å². The summed E-state index contributed by atoms with van der Waals surface area (Å²) in [6.07, 6.45) is 2.26. The molecule has 1 amide bonds. The van der Waals surface area contributed by atoms with Gasteiger partial charge in [0.05, 0.1) is 6.61 Å². The lowest BCUT2D eigenvalue weighted by atomic mass is 9.84. The van der Waals surface area contributed by atoms with Gasteiger partial charge in [-0.2, -0.15) is 0 Å². The summed E-state index contributed by atoms with van der Waals surface area (Å²) < 4.78 is 6.13. The summed E-state index contributed by atoms with van der Waals surface area (Å²) in [5, 5.41) is 23.6. The van der Waals surface area contributed by atoms with Gasteiger partial charge >= 0.3 is 0 Å². The lowest BCUT2D eigenvalue weighted by Gasteiger charge is -2.32. The van der Waals surface area contributed by atoms with Crippen molar-refractivity contribution in [3.05, 3.63) is 125 Å². The molecule has 0 heterocycles. The minimum absolute atomic E-state index is 0.0692. The van der Waals surface area contributed by atoms with E-state index in [1.54, 1.807) is 24.3 Å². The SMILES string of the molecule is CC(C)N(CCC(c1ccccc1)c1c(O)cccc1CCOc1ccc(CCNC(=O)c2cccc(O)c2)cc1)C(C)C. The standard InChI is InChI=1S/C38H46N2O4/c1-27(2)40(28(3)4)24-21-35(30-10-6-5-7-11-30)37-31(12-9-15-36(37)42)22-25-44-34-18-16-29(17-19-34)20-23-39-38(43)32-13-8-14-33(41)26-32/h5-19,26-28,35,41-42H,20-25H2,1-4H3,(H,39,43). The molecule has 0 bridgehead atoms. The van der Waals surface area contributed by atoms with Crippen LogP contribution in [0.1, 0.15) is 72.6 Å². The van der Waals surface area contributed by atoms with Crippen molar-refractivity contribution < 1.29 is 19.7 Å². The van der Waals surface area contributed by atoms with Crippen LogP contribution >= 0.6 is 0 Å². The van der Waals surface area contributed by atoms with E-state index in [9.17, 15) is 15.0 Å². The number of benzene rings is 4. The number of carbonyl (C=O) groups excluding carboxylic acids is 1. The summed E-state index contributed by atoms with van der Waals surface area (Å²) in [5.74, 6) is 1.05. The number of phenols is 2. The van der Waals surface area contributed by atoms with Crippen molar-refractivity contribution in [2.75, 3.05) is 19.7 Å². The van der Waals surface area contributed by atoms with Crippen LogP contribution in [0.25, 0.3) is 0 Å². The highest BCUT2D eigenvalue weighted by Gasteiger charge is 2.23. The average molecular weight is 595 g/mol. The molecule has 0 saturated carbocycles. The lowest BCUT2D eigenvalue weighted by Crippen LogP contribution is -2.38. The Morgan fingerprint density at radius 2 is 1.52 bits per heavy atom. The van der Waals surface area contributed by atoms with E-state index in [4.69, 9.17) is 4.74 Å².